The van der Waals surface area contributed by atoms with Crippen molar-refractivity contribution in [3.8, 4) is 11.3 Å². The summed E-state index contributed by atoms with van der Waals surface area (Å²) in [4.78, 5) is 0. The SMILES string of the molecule is Cn1cc(N)c(-c2c(Cl)cccc2Cl)n1. The van der Waals surface area contributed by atoms with Gasteiger partial charge in [0.2, 0.25) is 0 Å². The standard InChI is InChI=1S/C10H9Cl2N3/c1-15-5-8(13)10(14-15)9-6(11)3-2-4-7(9)12/h2-5H,13H2,1H3. The lowest BCUT2D eigenvalue weighted by atomic mass is 10.1. The van der Waals surface area contributed by atoms with Crippen LogP contribution in [0.3, 0.4) is 0 Å². The lowest BCUT2D eigenvalue weighted by Crippen LogP contribution is -1.90. The van der Waals surface area contributed by atoms with Crippen LogP contribution in [0.4, 0.5) is 5.69 Å². The second-order valence-corrected chi connectivity index (χ2v) is 4.02. The molecule has 0 aliphatic carbocycles. The van der Waals surface area contributed by atoms with Crippen LogP contribution in [0.25, 0.3) is 11.3 Å². The Labute approximate surface area is 97.4 Å². The first-order valence-electron chi connectivity index (χ1n) is 4.33. The highest BCUT2D eigenvalue weighted by molar-refractivity contribution is 6.39. The van der Waals surface area contributed by atoms with Gasteiger partial charge in [0.15, 0.2) is 0 Å². The molecule has 0 unspecified atom stereocenters. The zero-order chi connectivity index (χ0) is 11.0. The fraction of sp³-hybridized carbons (Fsp3) is 0.100. The van der Waals surface area contributed by atoms with Crippen molar-refractivity contribution in [3.63, 3.8) is 0 Å². The number of hydrogen-bond donors (Lipinski definition) is 1. The summed E-state index contributed by atoms with van der Waals surface area (Å²) in [6, 6.07) is 5.31. The van der Waals surface area contributed by atoms with Crippen LogP contribution in [0.1, 0.15) is 0 Å². The van der Waals surface area contributed by atoms with Crippen LogP contribution in [0, 0.1) is 0 Å². The number of rotatable bonds is 1. The molecule has 0 aliphatic heterocycles. The Kier molecular flexibility index (Phi) is 2.59. The smallest absolute Gasteiger partial charge is 0.118 e. The number of anilines is 1. The molecule has 2 aromatic rings. The number of aryl methyl sites for hydroxylation is 1. The predicted molar refractivity (Wildman–Crippen MR) is 63.1 cm³/mol. The highest BCUT2D eigenvalue weighted by Crippen LogP contribution is 2.36. The van der Waals surface area contributed by atoms with E-state index in [1.165, 1.54) is 0 Å². The second-order valence-electron chi connectivity index (χ2n) is 3.20. The van der Waals surface area contributed by atoms with Gasteiger partial charge in [0.1, 0.15) is 5.69 Å². The summed E-state index contributed by atoms with van der Waals surface area (Å²) in [5.74, 6) is 0. The summed E-state index contributed by atoms with van der Waals surface area (Å²) >= 11 is 12.1. The summed E-state index contributed by atoms with van der Waals surface area (Å²) in [5, 5.41) is 5.32. The van der Waals surface area contributed by atoms with E-state index in [-0.39, 0.29) is 0 Å². The van der Waals surface area contributed by atoms with Gasteiger partial charge in [0.05, 0.1) is 15.7 Å². The molecular weight excluding hydrogens is 233 g/mol. The number of benzene rings is 1. The number of halogens is 2. The van der Waals surface area contributed by atoms with Gasteiger partial charge >= 0.3 is 0 Å². The van der Waals surface area contributed by atoms with Crippen molar-refractivity contribution in [2.45, 2.75) is 0 Å². The summed E-state index contributed by atoms with van der Waals surface area (Å²) in [7, 11) is 1.80. The molecule has 2 N–H and O–H groups in total. The maximum Gasteiger partial charge on any atom is 0.118 e. The highest BCUT2D eigenvalue weighted by atomic mass is 35.5. The monoisotopic (exact) mass is 241 g/mol. The minimum absolute atomic E-state index is 0.549. The topological polar surface area (TPSA) is 43.8 Å². The van der Waals surface area contributed by atoms with Crippen LogP contribution in [0.5, 0.6) is 0 Å². The number of aromatic nitrogens is 2. The Morgan fingerprint density at radius 1 is 1.27 bits per heavy atom. The summed E-state index contributed by atoms with van der Waals surface area (Å²) in [6.07, 6.45) is 1.72. The molecule has 0 radical (unpaired) electrons. The lowest BCUT2D eigenvalue weighted by Gasteiger charge is -2.04. The molecule has 0 aliphatic rings. The van der Waals surface area contributed by atoms with Gasteiger partial charge in [-0.3, -0.25) is 4.68 Å². The van der Waals surface area contributed by atoms with Gasteiger partial charge in [0, 0.05) is 18.8 Å². The first kappa shape index (κ1) is 10.3. The van der Waals surface area contributed by atoms with E-state index in [9.17, 15) is 0 Å². The van der Waals surface area contributed by atoms with Crippen molar-refractivity contribution in [1.82, 2.24) is 9.78 Å². The van der Waals surface area contributed by atoms with Crippen LogP contribution >= 0.6 is 23.2 Å². The van der Waals surface area contributed by atoms with Crippen LogP contribution in [-0.2, 0) is 7.05 Å². The van der Waals surface area contributed by atoms with E-state index in [4.69, 9.17) is 28.9 Å². The third kappa shape index (κ3) is 1.80. The van der Waals surface area contributed by atoms with Gasteiger partial charge < -0.3 is 5.73 Å². The number of nitrogens with zero attached hydrogens (tertiary/aromatic N) is 2. The minimum Gasteiger partial charge on any atom is -0.396 e. The second kappa shape index (κ2) is 3.76. The molecule has 0 bridgehead atoms. The molecule has 1 aromatic heterocycles. The van der Waals surface area contributed by atoms with Crippen molar-refractivity contribution in [2.75, 3.05) is 5.73 Å². The zero-order valence-electron chi connectivity index (χ0n) is 8.04. The maximum atomic E-state index is 6.06. The molecule has 0 amide bonds. The summed E-state index contributed by atoms with van der Waals surface area (Å²) in [6.45, 7) is 0. The normalized spacial score (nSPS) is 10.6. The fourth-order valence-electron chi connectivity index (χ4n) is 1.43. The molecule has 0 atom stereocenters. The van der Waals surface area contributed by atoms with Crippen molar-refractivity contribution < 1.29 is 0 Å². The van der Waals surface area contributed by atoms with Gasteiger partial charge in [0.25, 0.3) is 0 Å². The van der Waals surface area contributed by atoms with Gasteiger partial charge in [-0.25, -0.2) is 0 Å². The van der Waals surface area contributed by atoms with E-state index >= 15 is 0 Å². The third-order valence-corrected chi connectivity index (χ3v) is 2.69. The average Bonchev–Trinajstić information content (AvgIpc) is 2.45. The van der Waals surface area contributed by atoms with Crippen LogP contribution in [-0.4, -0.2) is 9.78 Å². The Morgan fingerprint density at radius 3 is 2.33 bits per heavy atom. The lowest BCUT2D eigenvalue weighted by molar-refractivity contribution is 0.771. The molecule has 1 aromatic carbocycles. The van der Waals surface area contributed by atoms with E-state index in [0.717, 1.165) is 0 Å². The molecule has 78 valence electrons. The average molecular weight is 242 g/mol. The quantitative estimate of drug-likeness (QED) is 0.835. The summed E-state index contributed by atoms with van der Waals surface area (Å²) in [5.41, 5.74) is 7.67. The van der Waals surface area contributed by atoms with Gasteiger partial charge in [-0.15, -0.1) is 0 Å². The highest BCUT2D eigenvalue weighted by Gasteiger charge is 2.14. The fourth-order valence-corrected chi connectivity index (χ4v) is 2.00. The van der Waals surface area contributed by atoms with Crippen LogP contribution in [0.15, 0.2) is 24.4 Å². The Bertz CT molecular complexity index is 485. The van der Waals surface area contributed by atoms with Gasteiger partial charge in [-0.05, 0) is 12.1 Å². The number of nitrogens with two attached hydrogens (primary N) is 1. The molecule has 0 spiro atoms. The molecule has 0 saturated carbocycles. The van der Waals surface area contributed by atoms with E-state index < -0.39 is 0 Å². The van der Waals surface area contributed by atoms with Crippen molar-refractivity contribution >= 4 is 28.9 Å². The first-order chi connectivity index (χ1) is 7.09. The van der Waals surface area contributed by atoms with Gasteiger partial charge in [-0.1, -0.05) is 29.3 Å². The molecule has 15 heavy (non-hydrogen) atoms. The van der Waals surface area contributed by atoms with E-state index in [0.29, 0.717) is 27.0 Å². The van der Waals surface area contributed by atoms with Crippen LogP contribution < -0.4 is 5.73 Å². The van der Waals surface area contributed by atoms with Crippen LogP contribution in [0.2, 0.25) is 10.0 Å². The Morgan fingerprint density at radius 2 is 1.87 bits per heavy atom. The largest absolute Gasteiger partial charge is 0.396 e. The molecule has 0 saturated heterocycles. The molecule has 1 heterocycles. The molecule has 2 rings (SSSR count). The first-order valence-corrected chi connectivity index (χ1v) is 5.08. The van der Waals surface area contributed by atoms with Crippen molar-refractivity contribution in [2.24, 2.45) is 7.05 Å². The zero-order valence-corrected chi connectivity index (χ0v) is 9.55. The third-order valence-electron chi connectivity index (χ3n) is 2.06. The van der Waals surface area contributed by atoms with E-state index in [2.05, 4.69) is 5.10 Å². The Balaban J connectivity index is 2.68. The molecule has 0 fully saturated rings. The maximum absolute atomic E-state index is 6.06. The van der Waals surface area contributed by atoms with E-state index in [1.807, 2.05) is 0 Å². The molecular formula is C10H9Cl2N3. The van der Waals surface area contributed by atoms with Gasteiger partial charge in [-0.2, -0.15) is 5.10 Å². The number of hydrogen-bond acceptors (Lipinski definition) is 2. The summed E-state index contributed by atoms with van der Waals surface area (Å²) < 4.78 is 1.63. The predicted octanol–water partition coefficient (Wildman–Crippen LogP) is 2.98. The van der Waals surface area contributed by atoms with Crippen molar-refractivity contribution in [1.29, 1.82) is 0 Å². The Hall–Kier alpha value is -1.19. The minimum atomic E-state index is 0.549. The van der Waals surface area contributed by atoms with E-state index in [1.54, 1.807) is 36.1 Å². The molecule has 5 heteroatoms. The molecule has 3 nitrogen and oxygen atoms in total. The number of nitrogen functional groups attached to an aromatic ring is 1. The van der Waals surface area contributed by atoms with Crippen molar-refractivity contribution in [3.05, 3.63) is 34.4 Å².